The van der Waals surface area contributed by atoms with Crippen molar-refractivity contribution in [1.82, 2.24) is 5.32 Å². The molecule has 0 fully saturated rings. The van der Waals surface area contributed by atoms with Gasteiger partial charge in [0.25, 0.3) is 10.0 Å². The van der Waals surface area contributed by atoms with Crippen molar-refractivity contribution in [1.29, 1.82) is 0 Å². The standard InChI is InChI=1S/C27H24FN3O3S/c1-19-10-15-24(30-27(32)29-18-20-6-3-2-4-7-20)17-26(19)31-35(33,34)25-9-5-8-22(16-25)21-11-13-23(28)14-12-21/h2-17,31H,18H2,1H3,(H2,29,30,32). The summed E-state index contributed by atoms with van der Waals surface area (Å²) in [5, 5.41) is 5.49. The summed E-state index contributed by atoms with van der Waals surface area (Å²) >= 11 is 0. The van der Waals surface area contributed by atoms with Crippen LogP contribution in [0, 0.1) is 12.7 Å². The number of amides is 2. The van der Waals surface area contributed by atoms with Gasteiger partial charge < -0.3 is 10.6 Å². The highest BCUT2D eigenvalue weighted by Crippen LogP contribution is 2.26. The van der Waals surface area contributed by atoms with Crippen LogP contribution in [0.5, 0.6) is 0 Å². The van der Waals surface area contributed by atoms with Gasteiger partial charge in [0.2, 0.25) is 0 Å². The van der Waals surface area contributed by atoms with E-state index in [0.29, 0.717) is 34.6 Å². The summed E-state index contributed by atoms with van der Waals surface area (Å²) < 4.78 is 42.1. The molecule has 178 valence electrons. The molecule has 0 spiro atoms. The fraction of sp³-hybridized carbons (Fsp3) is 0.0741. The number of nitrogens with one attached hydrogen (secondary N) is 3. The smallest absolute Gasteiger partial charge is 0.319 e. The highest BCUT2D eigenvalue weighted by molar-refractivity contribution is 7.92. The molecule has 0 aromatic heterocycles. The second kappa shape index (κ2) is 10.4. The summed E-state index contributed by atoms with van der Waals surface area (Å²) in [4.78, 5) is 12.4. The zero-order chi connectivity index (χ0) is 24.8. The Morgan fingerprint density at radius 1 is 0.829 bits per heavy atom. The molecule has 0 bridgehead atoms. The molecule has 0 atom stereocenters. The van der Waals surface area contributed by atoms with E-state index >= 15 is 0 Å². The van der Waals surface area contributed by atoms with Crippen LogP contribution < -0.4 is 15.4 Å². The molecule has 0 saturated heterocycles. The van der Waals surface area contributed by atoms with Gasteiger partial charge in [-0.2, -0.15) is 0 Å². The molecule has 0 aliphatic carbocycles. The Balaban J connectivity index is 1.48. The molecule has 0 aliphatic rings. The van der Waals surface area contributed by atoms with Crippen LogP contribution in [0.4, 0.5) is 20.6 Å². The molecule has 0 saturated carbocycles. The largest absolute Gasteiger partial charge is 0.334 e. The summed E-state index contributed by atoms with van der Waals surface area (Å²) in [5.41, 5.74) is 3.79. The summed E-state index contributed by atoms with van der Waals surface area (Å²) in [6.07, 6.45) is 0. The Morgan fingerprint density at radius 2 is 1.57 bits per heavy atom. The minimum Gasteiger partial charge on any atom is -0.334 e. The first-order chi connectivity index (χ1) is 16.8. The predicted octanol–water partition coefficient (Wildman–Crippen LogP) is 5.92. The maximum absolute atomic E-state index is 13.2. The average molecular weight is 490 g/mol. The van der Waals surface area contributed by atoms with Gasteiger partial charge in [-0.3, -0.25) is 4.72 Å². The SMILES string of the molecule is Cc1ccc(NC(=O)NCc2ccccc2)cc1NS(=O)(=O)c1cccc(-c2ccc(F)cc2)c1. The number of halogens is 1. The lowest BCUT2D eigenvalue weighted by Crippen LogP contribution is -2.28. The van der Waals surface area contributed by atoms with Gasteiger partial charge in [0.05, 0.1) is 10.6 Å². The molecular formula is C27H24FN3O3S. The second-order valence-corrected chi connectivity index (χ2v) is 9.65. The van der Waals surface area contributed by atoms with Crippen molar-refractivity contribution in [3.8, 4) is 11.1 Å². The van der Waals surface area contributed by atoms with Crippen LogP contribution in [0.15, 0.2) is 102 Å². The molecule has 4 aromatic carbocycles. The zero-order valence-electron chi connectivity index (χ0n) is 19.0. The molecular weight excluding hydrogens is 465 g/mol. The molecule has 2 amide bonds. The summed E-state index contributed by atoms with van der Waals surface area (Å²) in [7, 11) is -3.92. The third-order valence-corrected chi connectivity index (χ3v) is 6.72. The van der Waals surface area contributed by atoms with Crippen LogP contribution in [0.3, 0.4) is 0 Å². The van der Waals surface area contributed by atoms with Crippen molar-refractivity contribution in [3.63, 3.8) is 0 Å². The van der Waals surface area contributed by atoms with Crippen molar-refractivity contribution in [3.05, 3.63) is 114 Å². The molecule has 0 aliphatic heterocycles. The highest BCUT2D eigenvalue weighted by Gasteiger charge is 2.17. The fourth-order valence-corrected chi connectivity index (χ4v) is 4.62. The lowest BCUT2D eigenvalue weighted by molar-refractivity contribution is 0.251. The first kappa shape index (κ1) is 24.0. The molecule has 4 aromatic rings. The quantitative estimate of drug-likeness (QED) is 0.301. The number of hydrogen-bond acceptors (Lipinski definition) is 3. The number of urea groups is 1. The Hall–Kier alpha value is -4.17. The minimum absolute atomic E-state index is 0.0673. The highest BCUT2D eigenvalue weighted by atomic mass is 32.2. The second-order valence-electron chi connectivity index (χ2n) is 7.96. The molecule has 3 N–H and O–H groups in total. The topological polar surface area (TPSA) is 87.3 Å². The van der Waals surface area contributed by atoms with E-state index in [4.69, 9.17) is 0 Å². The molecule has 35 heavy (non-hydrogen) atoms. The third kappa shape index (κ3) is 6.24. The van der Waals surface area contributed by atoms with Gasteiger partial charge >= 0.3 is 6.03 Å². The first-order valence-electron chi connectivity index (χ1n) is 10.9. The number of anilines is 2. The Morgan fingerprint density at radius 3 is 2.31 bits per heavy atom. The van der Waals surface area contributed by atoms with E-state index in [0.717, 1.165) is 5.56 Å². The number of hydrogen-bond donors (Lipinski definition) is 3. The summed E-state index contributed by atoms with van der Waals surface area (Å²) in [5.74, 6) is -0.364. The van der Waals surface area contributed by atoms with Crippen LogP contribution in [0.1, 0.15) is 11.1 Å². The predicted molar refractivity (Wildman–Crippen MR) is 136 cm³/mol. The van der Waals surface area contributed by atoms with Crippen LogP contribution in [-0.2, 0) is 16.6 Å². The third-order valence-electron chi connectivity index (χ3n) is 5.36. The fourth-order valence-electron chi connectivity index (χ4n) is 3.45. The number of rotatable bonds is 7. The lowest BCUT2D eigenvalue weighted by atomic mass is 10.1. The van der Waals surface area contributed by atoms with Gasteiger partial charge in [-0.1, -0.05) is 60.7 Å². The summed E-state index contributed by atoms with van der Waals surface area (Å²) in [6.45, 7) is 2.13. The van der Waals surface area contributed by atoms with Crippen molar-refractivity contribution in [2.75, 3.05) is 10.0 Å². The maximum Gasteiger partial charge on any atom is 0.319 e. The minimum atomic E-state index is -3.92. The van der Waals surface area contributed by atoms with Gasteiger partial charge in [-0.25, -0.2) is 17.6 Å². The van der Waals surface area contributed by atoms with E-state index in [9.17, 15) is 17.6 Å². The van der Waals surface area contributed by atoms with E-state index in [1.54, 1.807) is 49.4 Å². The number of sulfonamides is 1. The molecule has 0 radical (unpaired) electrons. The number of carbonyl (C=O) groups is 1. The summed E-state index contributed by atoms with van der Waals surface area (Å²) in [6, 6.07) is 26.3. The van der Waals surface area contributed by atoms with E-state index < -0.39 is 16.1 Å². The number of aryl methyl sites for hydroxylation is 1. The van der Waals surface area contributed by atoms with Gasteiger partial charge in [-0.05, 0) is 65.6 Å². The lowest BCUT2D eigenvalue weighted by Gasteiger charge is -2.14. The van der Waals surface area contributed by atoms with Crippen LogP contribution in [0.2, 0.25) is 0 Å². The van der Waals surface area contributed by atoms with Crippen LogP contribution in [-0.4, -0.2) is 14.4 Å². The van der Waals surface area contributed by atoms with Gasteiger partial charge in [0.15, 0.2) is 0 Å². The van der Waals surface area contributed by atoms with Crippen molar-refractivity contribution in [2.45, 2.75) is 18.4 Å². The van der Waals surface area contributed by atoms with E-state index in [-0.39, 0.29) is 10.7 Å². The number of carbonyl (C=O) groups excluding carboxylic acids is 1. The monoisotopic (exact) mass is 489 g/mol. The number of benzene rings is 4. The molecule has 8 heteroatoms. The Labute approximate surface area is 203 Å². The Kier molecular flexibility index (Phi) is 7.12. The molecule has 0 unspecified atom stereocenters. The van der Waals surface area contributed by atoms with Crippen molar-refractivity contribution < 1.29 is 17.6 Å². The van der Waals surface area contributed by atoms with Crippen LogP contribution in [0.25, 0.3) is 11.1 Å². The van der Waals surface area contributed by atoms with Gasteiger partial charge in [0, 0.05) is 12.2 Å². The van der Waals surface area contributed by atoms with Crippen molar-refractivity contribution >= 4 is 27.4 Å². The normalized spacial score (nSPS) is 11.0. The van der Waals surface area contributed by atoms with Crippen LogP contribution >= 0.6 is 0 Å². The molecule has 0 heterocycles. The Bertz CT molecular complexity index is 1440. The van der Waals surface area contributed by atoms with E-state index in [1.807, 2.05) is 30.3 Å². The first-order valence-corrected chi connectivity index (χ1v) is 12.4. The molecule has 6 nitrogen and oxygen atoms in total. The van der Waals surface area contributed by atoms with Gasteiger partial charge in [-0.15, -0.1) is 0 Å². The average Bonchev–Trinajstić information content (AvgIpc) is 2.86. The molecule has 4 rings (SSSR count). The maximum atomic E-state index is 13.2. The van der Waals surface area contributed by atoms with Gasteiger partial charge in [0.1, 0.15) is 5.82 Å². The van der Waals surface area contributed by atoms with E-state index in [2.05, 4.69) is 15.4 Å². The van der Waals surface area contributed by atoms with E-state index in [1.165, 1.54) is 24.3 Å². The zero-order valence-corrected chi connectivity index (χ0v) is 19.8. The van der Waals surface area contributed by atoms with Crippen molar-refractivity contribution in [2.24, 2.45) is 0 Å².